The first kappa shape index (κ1) is 17.5. The van der Waals surface area contributed by atoms with Crippen molar-refractivity contribution in [2.75, 3.05) is 6.54 Å². The Balaban J connectivity index is 1.96. The van der Waals surface area contributed by atoms with Gasteiger partial charge in [0.15, 0.2) is 17.4 Å². The van der Waals surface area contributed by atoms with E-state index in [1.54, 1.807) is 18.7 Å². The number of carbonyl (C=O) groups is 2. The maximum Gasteiger partial charge on any atom is 0.223 e. The molecule has 1 aliphatic rings. The Hall–Kier alpha value is -1.82. The summed E-state index contributed by atoms with van der Waals surface area (Å²) in [4.78, 5) is 25.9. The number of aliphatic hydroxyl groups is 1. The second-order valence-corrected chi connectivity index (χ2v) is 6.45. The average Bonchev–Trinajstić information content (AvgIpc) is 2.97. The number of ketones is 1. The molecule has 1 saturated heterocycles. The van der Waals surface area contributed by atoms with Gasteiger partial charge < -0.3 is 10.0 Å². The number of likely N-dealkylation sites (tertiary alicyclic amines) is 1. The van der Waals surface area contributed by atoms with Crippen molar-refractivity contribution < 1.29 is 23.5 Å². The Morgan fingerprint density at radius 3 is 2.57 bits per heavy atom. The average molecular weight is 325 g/mol. The number of hydrogen-bond donors (Lipinski definition) is 1. The molecule has 1 unspecified atom stereocenters. The van der Waals surface area contributed by atoms with Crippen LogP contribution in [0.3, 0.4) is 0 Å². The van der Waals surface area contributed by atoms with E-state index in [1.807, 2.05) is 0 Å². The second-order valence-electron chi connectivity index (χ2n) is 6.45. The van der Waals surface area contributed by atoms with E-state index < -0.39 is 23.0 Å². The van der Waals surface area contributed by atoms with Crippen molar-refractivity contribution in [2.45, 2.75) is 51.2 Å². The summed E-state index contributed by atoms with van der Waals surface area (Å²) in [6, 6.07) is 2.70. The van der Waals surface area contributed by atoms with E-state index in [-0.39, 0.29) is 30.4 Å². The molecule has 0 radical (unpaired) electrons. The van der Waals surface area contributed by atoms with Gasteiger partial charge >= 0.3 is 0 Å². The Bertz CT molecular complexity index is 610. The predicted octanol–water partition coefficient (Wildman–Crippen LogP) is 2.69. The van der Waals surface area contributed by atoms with Crippen LogP contribution in [-0.2, 0) is 4.79 Å². The molecule has 4 nitrogen and oxygen atoms in total. The first-order valence-corrected chi connectivity index (χ1v) is 7.70. The third-order valence-corrected chi connectivity index (χ3v) is 4.20. The number of hydrogen-bond acceptors (Lipinski definition) is 3. The minimum Gasteiger partial charge on any atom is -0.388 e. The molecule has 1 aliphatic heterocycles. The monoisotopic (exact) mass is 325 g/mol. The van der Waals surface area contributed by atoms with E-state index in [0.717, 1.165) is 25.0 Å². The fraction of sp³-hybridized carbons (Fsp3) is 0.529. The molecule has 1 aromatic rings. The van der Waals surface area contributed by atoms with Crippen LogP contribution in [0.1, 0.15) is 49.9 Å². The summed E-state index contributed by atoms with van der Waals surface area (Å²) in [7, 11) is 0. The van der Waals surface area contributed by atoms with E-state index in [0.29, 0.717) is 6.54 Å². The van der Waals surface area contributed by atoms with Crippen LogP contribution in [0.4, 0.5) is 8.78 Å². The Kier molecular flexibility index (Phi) is 5.14. The molecule has 1 N–H and O–H groups in total. The van der Waals surface area contributed by atoms with Crippen molar-refractivity contribution in [1.29, 1.82) is 0 Å². The third kappa shape index (κ3) is 4.13. The zero-order valence-corrected chi connectivity index (χ0v) is 13.3. The van der Waals surface area contributed by atoms with Gasteiger partial charge in [-0.05, 0) is 44.9 Å². The highest BCUT2D eigenvalue weighted by Gasteiger charge is 2.38. The molecule has 23 heavy (non-hydrogen) atoms. The summed E-state index contributed by atoms with van der Waals surface area (Å²) in [6.07, 6.45) is 1.47. The molecule has 0 bridgehead atoms. The standard InChI is InChI=1S/C17H21F2NO3/c1-17(2,23)15-4-3-9-20(15)16(22)8-7-14(21)11-5-6-12(18)13(19)10-11/h5-6,10,15,23H,3-4,7-9H2,1-2H3. The lowest BCUT2D eigenvalue weighted by atomic mass is 9.96. The van der Waals surface area contributed by atoms with Gasteiger partial charge in [0.05, 0.1) is 11.6 Å². The lowest BCUT2D eigenvalue weighted by Crippen LogP contribution is -2.48. The van der Waals surface area contributed by atoms with E-state index in [2.05, 4.69) is 0 Å². The van der Waals surface area contributed by atoms with Gasteiger partial charge in [0.1, 0.15) is 0 Å². The maximum absolute atomic E-state index is 13.1. The summed E-state index contributed by atoms with van der Waals surface area (Å²) in [5, 5.41) is 10.1. The van der Waals surface area contributed by atoms with Gasteiger partial charge in [-0.1, -0.05) is 0 Å². The molecule has 1 atom stereocenters. The smallest absolute Gasteiger partial charge is 0.223 e. The highest BCUT2D eigenvalue weighted by Crippen LogP contribution is 2.27. The number of rotatable bonds is 5. The van der Waals surface area contributed by atoms with Crippen molar-refractivity contribution in [2.24, 2.45) is 0 Å². The topological polar surface area (TPSA) is 57.6 Å². The Labute approximate surface area is 134 Å². The van der Waals surface area contributed by atoms with Crippen LogP contribution < -0.4 is 0 Å². The zero-order valence-electron chi connectivity index (χ0n) is 13.3. The van der Waals surface area contributed by atoms with Gasteiger partial charge in [-0.15, -0.1) is 0 Å². The minimum atomic E-state index is -1.08. The van der Waals surface area contributed by atoms with E-state index in [4.69, 9.17) is 0 Å². The van der Waals surface area contributed by atoms with Crippen LogP contribution in [0.25, 0.3) is 0 Å². The van der Waals surface area contributed by atoms with Crippen LogP contribution in [0, 0.1) is 11.6 Å². The quantitative estimate of drug-likeness (QED) is 0.847. The first-order chi connectivity index (χ1) is 10.7. The van der Waals surface area contributed by atoms with Crippen molar-refractivity contribution in [3.63, 3.8) is 0 Å². The highest BCUT2D eigenvalue weighted by atomic mass is 19.2. The van der Waals surface area contributed by atoms with E-state index in [1.165, 1.54) is 6.07 Å². The van der Waals surface area contributed by atoms with Gasteiger partial charge in [-0.3, -0.25) is 9.59 Å². The molecular weight excluding hydrogens is 304 g/mol. The number of carbonyl (C=O) groups excluding carboxylic acids is 2. The molecule has 2 rings (SSSR count). The molecule has 126 valence electrons. The van der Waals surface area contributed by atoms with Crippen LogP contribution in [0.2, 0.25) is 0 Å². The molecule has 0 aromatic heterocycles. The largest absolute Gasteiger partial charge is 0.388 e. The predicted molar refractivity (Wildman–Crippen MR) is 81.0 cm³/mol. The summed E-state index contributed by atoms with van der Waals surface area (Å²) in [5.74, 6) is -2.70. The van der Waals surface area contributed by atoms with Crippen LogP contribution >= 0.6 is 0 Å². The highest BCUT2D eigenvalue weighted by molar-refractivity contribution is 5.98. The molecule has 1 aromatic carbocycles. The van der Waals surface area contributed by atoms with Crippen LogP contribution in [0.15, 0.2) is 18.2 Å². The summed E-state index contributed by atoms with van der Waals surface area (Å²) < 4.78 is 26.0. The van der Waals surface area contributed by atoms with Gasteiger partial charge in [0, 0.05) is 24.9 Å². The molecule has 1 amide bonds. The number of amides is 1. The van der Waals surface area contributed by atoms with Crippen molar-refractivity contribution in [3.05, 3.63) is 35.4 Å². The summed E-state index contributed by atoms with van der Waals surface area (Å²) in [5.41, 5.74) is -0.937. The van der Waals surface area contributed by atoms with E-state index >= 15 is 0 Å². The molecule has 6 heteroatoms. The molecule has 0 aliphatic carbocycles. The molecule has 1 heterocycles. The number of Topliss-reactive ketones (excluding diaryl/α,β-unsaturated/α-hetero) is 1. The normalized spacial score (nSPS) is 18.3. The SMILES string of the molecule is CC(C)(O)C1CCCN1C(=O)CCC(=O)c1ccc(F)c(F)c1. The zero-order chi connectivity index (χ0) is 17.2. The Morgan fingerprint density at radius 1 is 1.26 bits per heavy atom. The van der Waals surface area contributed by atoms with Gasteiger partial charge in [-0.2, -0.15) is 0 Å². The van der Waals surface area contributed by atoms with Gasteiger partial charge in [-0.25, -0.2) is 8.78 Å². The van der Waals surface area contributed by atoms with E-state index in [9.17, 15) is 23.5 Å². The van der Waals surface area contributed by atoms with Crippen LogP contribution in [-0.4, -0.2) is 39.9 Å². The fourth-order valence-electron chi connectivity index (χ4n) is 2.98. The molecule has 0 spiro atoms. The van der Waals surface area contributed by atoms with Gasteiger partial charge in [0.25, 0.3) is 0 Å². The third-order valence-electron chi connectivity index (χ3n) is 4.20. The number of nitrogens with zero attached hydrogens (tertiary/aromatic N) is 1. The maximum atomic E-state index is 13.1. The fourth-order valence-corrected chi connectivity index (χ4v) is 2.98. The van der Waals surface area contributed by atoms with Crippen molar-refractivity contribution >= 4 is 11.7 Å². The van der Waals surface area contributed by atoms with Crippen LogP contribution in [0.5, 0.6) is 0 Å². The van der Waals surface area contributed by atoms with Crippen molar-refractivity contribution in [3.8, 4) is 0 Å². The number of halogens is 2. The summed E-state index contributed by atoms with van der Waals surface area (Å²) >= 11 is 0. The Morgan fingerprint density at radius 2 is 1.96 bits per heavy atom. The molecular formula is C17H21F2NO3. The lowest BCUT2D eigenvalue weighted by molar-refractivity contribution is -0.136. The minimum absolute atomic E-state index is 0.00952. The molecule has 0 saturated carbocycles. The first-order valence-electron chi connectivity index (χ1n) is 7.70. The molecule has 1 fully saturated rings. The lowest BCUT2D eigenvalue weighted by Gasteiger charge is -2.33. The number of benzene rings is 1. The van der Waals surface area contributed by atoms with Crippen molar-refractivity contribution in [1.82, 2.24) is 4.90 Å². The van der Waals surface area contributed by atoms with Gasteiger partial charge in [0.2, 0.25) is 5.91 Å². The summed E-state index contributed by atoms with van der Waals surface area (Å²) in [6.45, 7) is 3.89. The second kappa shape index (κ2) is 6.74.